The number of fused-ring (bicyclic) bond motifs is 2. The first-order valence-corrected chi connectivity index (χ1v) is 16.4. The zero-order chi connectivity index (χ0) is 31.6. The number of likely N-dealkylation sites (N-methyl/N-ethyl adjacent to an activating group) is 1. The molecule has 0 heterocycles. The van der Waals surface area contributed by atoms with E-state index >= 15 is 0 Å². The van der Waals surface area contributed by atoms with Crippen LogP contribution in [0.15, 0.2) is 91.0 Å². The van der Waals surface area contributed by atoms with E-state index in [1.54, 1.807) is 0 Å². The Morgan fingerprint density at radius 2 is 1.64 bits per heavy atom. The second-order valence-electron chi connectivity index (χ2n) is 11.9. The Bertz CT molecular complexity index is 1530. The van der Waals surface area contributed by atoms with E-state index in [-0.39, 0.29) is 12.0 Å². The smallest absolute Gasteiger partial charge is 0.335 e. The fourth-order valence-electron chi connectivity index (χ4n) is 6.49. The molecule has 0 aromatic heterocycles. The minimum absolute atomic E-state index is 0.165. The summed E-state index contributed by atoms with van der Waals surface area (Å²) in [6, 6.07) is 32.8. The van der Waals surface area contributed by atoms with Gasteiger partial charge in [0.15, 0.2) is 6.10 Å². The first-order chi connectivity index (χ1) is 22.0. The molecule has 0 spiro atoms. The standard InChI is InChI=1S/C40H47NO4/c1-5-43-38(40(42)44-6-2)28-31-17-22-34(23-18-31)45-26-25-41(4)39-36-14-10-13-32(20-16-30-11-8-7-9-12-30)35(36)24-21-33-19-15-29(3)27-37(33)39/h7-15,17-19,22-23,27,38-39H,5-6,16,20-21,24-26,28H2,1-4H3. The third-order valence-electron chi connectivity index (χ3n) is 8.79. The van der Waals surface area contributed by atoms with Gasteiger partial charge in [0.1, 0.15) is 12.4 Å². The van der Waals surface area contributed by atoms with Gasteiger partial charge in [0.25, 0.3) is 0 Å². The average Bonchev–Trinajstić information content (AvgIpc) is 3.21. The van der Waals surface area contributed by atoms with Crippen LogP contribution in [0, 0.1) is 6.92 Å². The summed E-state index contributed by atoms with van der Waals surface area (Å²) >= 11 is 0. The van der Waals surface area contributed by atoms with Gasteiger partial charge in [0.2, 0.25) is 0 Å². The average molecular weight is 606 g/mol. The molecule has 5 nitrogen and oxygen atoms in total. The van der Waals surface area contributed by atoms with Crippen LogP contribution in [0.25, 0.3) is 0 Å². The number of nitrogens with zero attached hydrogens (tertiary/aromatic N) is 1. The molecule has 2 atom stereocenters. The number of carbonyl (C=O) groups is 1. The van der Waals surface area contributed by atoms with E-state index in [1.165, 1.54) is 38.9 Å². The van der Waals surface area contributed by atoms with Crippen molar-refractivity contribution < 1.29 is 19.0 Å². The molecule has 4 aromatic rings. The van der Waals surface area contributed by atoms with Crippen molar-refractivity contribution in [2.75, 3.05) is 33.4 Å². The number of hydrogen-bond acceptors (Lipinski definition) is 5. The Labute approximate surface area is 269 Å². The van der Waals surface area contributed by atoms with Gasteiger partial charge in [-0.1, -0.05) is 84.4 Å². The summed E-state index contributed by atoms with van der Waals surface area (Å²) in [5.74, 6) is 0.500. The number of hydrogen-bond donors (Lipinski definition) is 0. The summed E-state index contributed by atoms with van der Waals surface area (Å²) in [5, 5.41) is 0. The zero-order valence-corrected chi connectivity index (χ0v) is 27.3. The lowest BCUT2D eigenvalue weighted by Gasteiger charge is -2.31. The van der Waals surface area contributed by atoms with Crippen molar-refractivity contribution >= 4 is 5.97 Å². The largest absolute Gasteiger partial charge is 0.492 e. The minimum Gasteiger partial charge on any atom is -0.492 e. The third kappa shape index (κ3) is 8.42. The summed E-state index contributed by atoms with van der Waals surface area (Å²) in [4.78, 5) is 14.7. The molecule has 0 aliphatic heterocycles. The van der Waals surface area contributed by atoms with Crippen molar-refractivity contribution in [2.24, 2.45) is 0 Å². The van der Waals surface area contributed by atoms with Crippen molar-refractivity contribution in [3.05, 3.63) is 136 Å². The molecule has 2 unspecified atom stereocenters. The predicted molar refractivity (Wildman–Crippen MR) is 181 cm³/mol. The van der Waals surface area contributed by atoms with E-state index in [0.717, 1.165) is 43.5 Å². The third-order valence-corrected chi connectivity index (χ3v) is 8.79. The lowest BCUT2D eigenvalue weighted by atomic mass is 9.89. The maximum atomic E-state index is 12.3. The Kier molecular flexibility index (Phi) is 11.5. The first-order valence-electron chi connectivity index (χ1n) is 16.4. The SMILES string of the molecule is CCOC(=O)C(Cc1ccc(OCCN(C)C2c3cc(C)ccc3CCc3c(CCc4ccccc4)cccc32)cc1)OCC. The summed E-state index contributed by atoms with van der Waals surface area (Å²) in [6.45, 7) is 8.04. The fraction of sp³-hybridized carbons (Fsp3) is 0.375. The van der Waals surface area contributed by atoms with E-state index in [2.05, 4.69) is 85.6 Å². The zero-order valence-electron chi connectivity index (χ0n) is 27.3. The van der Waals surface area contributed by atoms with Crippen LogP contribution in [-0.4, -0.2) is 50.4 Å². The molecule has 5 heteroatoms. The molecule has 45 heavy (non-hydrogen) atoms. The van der Waals surface area contributed by atoms with E-state index in [0.29, 0.717) is 26.2 Å². The van der Waals surface area contributed by atoms with Gasteiger partial charge in [0, 0.05) is 19.6 Å². The van der Waals surface area contributed by atoms with Crippen LogP contribution in [0.4, 0.5) is 0 Å². The molecule has 0 amide bonds. The minimum atomic E-state index is -0.594. The normalized spacial score (nSPS) is 14.7. The molecule has 5 rings (SSSR count). The molecule has 0 radical (unpaired) electrons. The van der Waals surface area contributed by atoms with Crippen molar-refractivity contribution in [2.45, 2.75) is 65.0 Å². The summed E-state index contributed by atoms with van der Waals surface area (Å²) < 4.78 is 17.1. The number of carbonyl (C=O) groups excluding carboxylic acids is 1. The Morgan fingerprint density at radius 1 is 0.844 bits per heavy atom. The summed E-state index contributed by atoms with van der Waals surface area (Å²) in [6.07, 6.45) is 4.09. The first kappa shape index (κ1) is 32.5. The molecule has 4 aromatic carbocycles. The lowest BCUT2D eigenvalue weighted by Crippen LogP contribution is -2.30. The molecule has 0 bridgehead atoms. The second-order valence-corrected chi connectivity index (χ2v) is 11.9. The highest BCUT2D eigenvalue weighted by Gasteiger charge is 2.28. The number of aryl methyl sites for hydroxylation is 4. The van der Waals surface area contributed by atoms with Gasteiger partial charge in [-0.05, 0) is 105 Å². The van der Waals surface area contributed by atoms with Crippen LogP contribution in [0.5, 0.6) is 5.75 Å². The van der Waals surface area contributed by atoms with Crippen LogP contribution in [0.2, 0.25) is 0 Å². The number of rotatable bonds is 14. The molecule has 1 aliphatic rings. The topological polar surface area (TPSA) is 48.0 Å². The van der Waals surface area contributed by atoms with Crippen LogP contribution in [0.3, 0.4) is 0 Å². The number of esters is 1. The fourth-order valence-corrected chi connectivity index (χ4v) is 6.49. The predicted octanol–water partition coefficient (Wildman–Crippen LogP) is 7.49. The van der Waals surface area contributed by atoms with Crippen LogP contribution in [0.1, 0.15) is 64.4 Å². The molecule has 236 valence electrons. The monoisotopic (exact) mass is 605 g/mol. The van der Waals surface area contributed by atoms with Gasteiger partial charge in [-0.3, -0.25) is 4.90 Å². The van der Waals surface area contributed by atoms with Crippen molar-refractivity contribution in [3.8, 4) is 5.75 Å². The van der Waals surface area contributed by atoms with E-state index < -0.39 is 6.10 Å². The highest BCUT2D eigenvalue weighted by atomic mass is 16.6. The second kappa shape index (κ2) is 15.9. The van der Waals surface area contributed by atoms with Crippen molar-refractivity contribution in [3.63, 3.8) is 0 Å². The van der Waals surface area contributed by atoms with Gasteiger partial charge in [-0.2, -0.15) is 0 Å². The van der Waals surface area contributed by atoms with E-state index in [4.69, 9.17) is 14.2 Å². The van der Waals surface area contributed by atoms with Gasteiger partial charge in [-0.25, -0.2) is 4.79 Å². The molecular formula is C40H47NO4. The number of ether oxygens (including phenoxy) is 3. The lowest BCUT2D eigenvalue weighted by molar-refractivity contribution is -0.156. The van der Waals surface area contributed by atoms with Gasteiger partial charge < -0.3 is 14.2 Å². The summed E-state index contributed by atoms with van der Waals surface area (Å²) in [5.41, 5.74) is 10.9. The van der Waals surface area contributed by atoms with Gasteiger partial charge in [0.05, 0.1) is 12.6 Å². The van der Waals surface area contributed by atoms with E-state index in [9.17, 15) is 4.79 Å². The number of benzene rings is 4. The molecule has 0 saturated heterocycles. The molecule has 0 fully saturated rings. The summed E-state index contributed by atoms with van der Waals surface area (Å²) in [7, 11) is 2.22. The highest BCUT2D eigenvalue weighted by molar-refractivity contribution is 5.75. The van der Waals surface area contributed by atoms with Crippen LogP contribution >= 0.6 is 0 Å². The van der Waals surface area contributed by atoms with Gasteiger partial charge >= 0.3 is 5.97 Å². The molecular weight excluding hydrogens is 558 g/mol. The van der Waals surface area contributed by atoms with Gasteiger partial charge in [-0.15, -0.1) is 0 Å². The molecule has 0 N–H and O–H groups in total. The van der Waals surface area contributed by atoms with Crippen LogP contribution < -0.4 is 4.74 Å². The highest BCUT2D eigenvalue weighted by Crippen LogP contribution is 2.38. The molecule has 1 aliphatic carbocycles. The van der Waals surface area contributed by atoms with Crippen molar-refractivity contribution in [1.82, 2.24) is 4.90 Å². The maximum absolute atomic E-state index is 12.3. The van der Waals surface area contributed by atoms with Crippen molar-refractivity contribution in [1.29, 1.82) is 0 Å². The molecule has 0 saturated carbocycles. The maximum Gasteiger partial charge on any atom is 0.335 e. The van der Waals surface area contributed by atoms with E-state index in [1.807, 2.05) is 38.1 Å². The Hall–Kier alpha value is -3.93. The van der Waals surface area contributed by atoms with Crippen LogP contribution in [-0.2, 0) is 46.4 Å². The Morgan fingerprint density at radius 3 is 2.40 bits per heavy atom. The quantitative estimate of drug-likeness (QED) is 0.139. The Balaban J connectivity index is 1.29.